The van der Waals surface area contributed by atoms with E-state index in [-0.39, 0.29) is 55.5 Å². The molecule has 0 atom stereocenters. The minimum Gasteiger partial charge on any atom is -0.485 e. The minimum atomic E-state index is -4.73. The summed E-state index contributed by atoms with van der Waals surface area (Å²) in [7, 11) is 2.49. The van der Waals surface area contributed by atoms with Crippen LogP contribution in [0, 0.1) is 11.7 Å². The minimum absolute atomic E-state index is 0.0702. The molecular weight excluding hydrogens is 674 g/mol. The quantitative estimate of drug-likeness (QED) is 0.101. The lowest BCUT2D eigenvalue weighted by Gasteiger charge is -2.32. The number of hydroxylamine groups is 1. The van der Waals surface area contributed by atoms with Crippen LogP contribution in [0.4, 0.5) is 43.9 Å². The van der Waals surface area contributed by atoms with Crippen LogP contribution in [0.15, 0.2) is 41.4 Å². The van der Waals surface area contributed by atoms with Crippen LogP contribution >= 0.6 is 11.3 Å². The molecule has 258 valence electrons. The molecule has 0 radical (unpaired) electrons. The fourth-order valence-corrected chi connectivity index (χ4v) is 5.73. The van der Waals surface area contributed by atoms with E-state index in [1.165, 1.54) is 26.3 Å². The van der Waals surface area contributed by atoms with E-state index in [1.54, 1.807) is 4.90 Å². The zero-order valence-corrected chi connectivity index (χ0v) is 25.6. The second-order valence-electron chi connectivity index (χ2n) is 10.4. The first kappa shape index (κ1) is 36.2. The fourth-order valence-electron chi connectivity index (χ4n) is 4.75. The number of nitrogens with one attached hydrogen (secondary N) is 1. The summed E-state index contributed by atoms with van der Waals surface area (Å²) in [6.07, 6.45) is -13.9. The van der Waals surface area contributed by atoms with Gasteiger partial charge in [0.1, 0.15) is 17.4 Å². The topological polar surface area (TPSA) is 68.2 Å². The number of hydrogen-bond acceptors (Lipinski definition) is 7. The number of likely N-dealkylation sites (tertiary alicyclic amines) is 1. The highest BCUT2D eigenvalue weighted by Gasteiger charge is 2.41. The van der Waals surface area contributed by atoms with E-state index in [0.29, 0.717) is 16.1 Å². The molecule has 0 saturated carbocycles. The number of halogens is 10. The van der Waals surface area contributed by atoms with Gasteiger partial charge in [-0.05, 0) is 44.1 Å². The van der Waals surface area contributed by atoms with Crippen LogP contribution in [0.3, 0.4) is 0 Å². The predicted molar refractivity (Wildman–Crippen MR) is 151 cm³/mol. The summed E-state index contributed by atoms with van der Waals surface area (Å²) in [5.41, 5.74) is 1.90. The zero-order valence-electron chi connectivity index (χ0n) is 24.7. The van der Waals surface area contributed by atoms with Crippen molar-refractivity contribution in [3.05, 3.63) is 63.9 Å². The van der Waals surface area contributed by atoms with E-state index >= 15 is 4.39 Å². The molecule has 1 aromatic heterocycles. The van der Waals surface area contributed by atoms with Gasteiger partial charge in [0.15, 0.2) is 24.0 Å². The molecule has 1 aliphatic heterocycles. The van der Waals surface area contributed by atoms with Crippen molar-refractivity contribution in [2.75, 3.05) is 33.9 Å². The summed E-state index contributed by atoms with van der Waals surface area (Å²) in [5.74, 6) is -3.53. The third-order valence-corrected chi connectivity index (χ3v) is 8.24. The van der Waals surface area contributed by atoms with Gasteiger partial charge in [-0.1, -0.05) is 12.1 Å². The molecule has 0 amide bonds. The standard InChI is InChI=1S/C29H28F10N4O3S/c1-40-25(42-44-2)19-11-20(30)23(12-22(19)46-15-27(31,32)33)45-14-24-21(13-43-9-7-18(8-10-43)29(37,38)39)41-26(47-24)16-3-5-17(6-4-16)28(34,35)36/h3-6,11-12,18H,7-10,13-15H2,1-2H3,(H,40,42). The number of piperidine rings is 1. The number of amidine groups is 1. The van der Waals surface area contributed by atoms with E-state index in [9.17, 15) is 39.5 Å². The molecule has 1 saturated heterocycles. The number of benzene rings is 2. The van der Waals surface area contributed by atoms with Crippen LogP contribution < -0.4 is 15.0 Å². The number of aliphatic imine (C=N–C) groups is 1. The third kappa shape index (κ3) is 9.70. The molecule has 0 unspecified atom stereocenters. The normalized spacial score (nSPS) is 15.6. The monoisotopic (exact) mass is 702 g/mol. The number of hydrogen-bond donors (Lipinski definition) is 1. The molecule has 4 rings (SSSR count). The van der Waals surface area contributed by atoms with Crippen molar-refractivity contribution in [3.8, 4) is 22.1 Å². The Balaban J connectivity index is 1.63. The Morgan fingerprint density at radius 1 is 0.979 bits per heavy atom. The van der Waals surface area contributed by atoms with E-state index in [2.05, 4.69) is 15.5 Å². The molecule has 0 bridgehead atoms. The SMILES string of the molecule is CN=C(NOC)c1cc(F)c(OCc2sc(-c3ccc(C(F)(F)F)cc3)nc2CN2CCC(C(F)(F)F)CC2)cc1OCC(F)(F)F. The van der Waals surface area contributed by atoms with Crippen LogP contribution in [-0.2, 0) is 24.2 Å². The van der Waals surface area contributed by atoms with Crippen molar-refractivity contribution in [2.45, 2.75) is 44.5 Å². The number of ether oxygens (including phenoxy) is 2. The van der Waals surface area contributed by atoms with E-state index in [0.717, 1.165) is 35.6 Å². The van der Waals surface area contributed by atoms with Crippen molar-refractivity contribution in [1.29, 1.82) is 0 Å². The van der Waals surface area contributed by atoms with Crippen LogP contribution in [0.5, 0.6) is 11.5 Å². The third-order valence-electron chi connectivity index (χ3n) is 7.12. The van der Waals surface area contributed by atoms with Crippen molar-refractivity contribution in [2.24, 2.45) is 10.9 Å². The van der Waals surface area contributed by atoms with Gasteiger partial charge >= 0.3 is 18.5 Å². The Bertz CT molecular complexity index is 1530. The van der Waals surface area contributed by atoms with Crippen molar-refractivity contribution in [1.82, 2.24) is 15.4 Å². The first-order chi connectivity index (χ1) is 22.0. The summed E-state index contributed by atoms with van der Waals surface area (Å²) in [4.78, 5) is 15.2. The summed E-state index contributed by atoms with van der Waals surface area (Å²) >= 11 is 1.01. The highest BCUT2D eigenvalue weighted by atomic mass is 32.1. The van der Waals surface area contributed by atoms with Crippen LogP contribution in [0.2, 0.25) is 0 Å². The maximum Gasteiger partial charge on any atom is 0.422 e. The Kier molecular flexibility index (Phi) is 11.3. The average molecular weight is 703 g/mol. The summed E-state index contributed by atoms with van der Waals surface area (Å²) in [6.45, 7) is -1.82. The largest absolute Gasteiger partial charge is 0.485 e. The smallest absolute Gasteiger partial charge is 0.422 e. The zero-order chi connectivity index (χ0) is 34.6. The molecule has 0 aliphatic carbocycles. The van der Waals surface area contributed by atoms with Crippen LogP contribution in [0.1, 0.15) is 34.5 Å². The lowest BCUT2D eigenvalue weighted by molar-refractivity contribution is -0.185. The van der Waals surface area contributed by atoms with Crippen molar-refractivity contribution < 1.29 is 58.2 Å². The number of aromatic nitrogens is 1. The summed E-state index contributed by atoms with van der Waals surface area (Å²) < 4.78 is 144. The Labute approximate surface area is 266 Å². The van der Waals surface area contributed by atoms with Crippen molar-refractivity contribution in [3.63, 3.8) is 0 Å². The Hall–Kier alpha value is -3.64. The number of nitrogens with zero attached hydrogens (tertiary/aromatic N) is 3. The molecule has 47 heavy (non-hydrogen) atoms. The molecule has 0 spiro atoms. The molecule has 1 fully saturated rings. The highest BCUT2D eigenvalue weighted by Crippen LogP contribution is 2.37. The Morgan fingerprint density at radius 3 is 2.19 bits per heavy atom. The van der Waals surface area contributed by atoms with Gasteiger partial charge in [0, 0.05) is 25.2 Å². The maximum absolute atomic E-state index is 15.2. The van der Waals surface area contributed by atoms with Gasteiger partial charge in [0.2, 0.25) is 0 Å². The fraction of sp³-hybridized carbons (Fsp3) is 0.448. The second kappa shape index (κ2) is 14.6. The number of alkyl halides is 9. The molecule has 1 N–H and O–H groups in total. The van der Waals surface area contributed by atoms with Gasteiger partial charge in [-0.25, -0.2) is 14.9 Å². The molecule has 2 heterocycles. The highest BCUT2D eigenvalue weighted by molar-refractivity contribution is 7.15. The van der Waals surface area contributed by atoms with Gasteiger partial charge < -0.3 is 9.47 Å². The van der Waals surface area contributed by atoms with Crippen LogP contribution in [0.25, 0.3) is 10.6 Å². The molecule has 18 heteroatoms. The molecule has 2 aromatic carbocycles. The van der Waals surface area contributed by atoms with E-state index < -0.39 is 53.9 Å². The lowest BCUT2D eigenvalue weighted by Crippen LogP contribution is -2.38. The lowest BCUT2D eigenvalue weighted by atomic mass is 9.96. The molecule has 1 aliphatic rings. The predicted octanol–water partition coefficient (Wildman–Crippen LogP) is 7.79. The average Bonchev–Trinajstić information content (AvgIpc) is 3.39. The molecule has 7 nitrogen and oxygen atoms in total. The van der Waals surface area contributed by atoms with E-state index in [4.69, 9.17) is 14.3 Å². The summed E-state index contributed by atoms with van der Waals surface area (Å²) in [6, 6.07) is 5.92. The number of thiazole rings is 1. The van der Waals surface area contributed by atoms with Gasteiger partial charge in [0.25, 0.3) is 0 Å². The van der Waals surface area contributed by atoms with Gasteiger partial charge in [-0.2, -0.15) is 39.5 Å². The first-order valence-corrected chi connectivity index (χ1v) is 14.7. The number of rotatable bonds is 10. The van der Waals surface area contributed by atoms with Gasteiger partial charge in [-0.3, -0.25) is 14.7 Å². The van der Waals surface area contributed by atoms with Crippen molar-refractivity contribution >= 4 is 17.2 Å². The molecular formula is C29H28F10N4O3S. The van der Waals surface area contributed by atoms with Gasteiger partial charge in [0.05, 0.1) is 34.7 Å². The first-order valence-electron chi connectivity index (χ1n) is 13.9. The van der Waals surface area contributed by atoms with Gasteiger partial charge in [-0.15, -0.1) is 11.3 Å². The second-order valence-corrected chi connectivity index (χ2v) is 11.5. The summed E-state index contributed by atoms with van der Waals surface area (Å²) in [5, 5.41) is 0.275. The molecule has 3 aromatic rings. The Morgan fingerprint density at radius 2 is 1.64 bits per heavy atom. The van der Waals surface area contributed by atoms with E-state index in [1.807, 2.05) is 0 Å². The maximum atomic E-state index is 15.2. The van der Waals surface area contributed by atoms with Crippen LogP contribution in [-0.4, -0.2) is 61.9 Å².